The Balaban J connectivity index is 1.67. The fourth-order valence-corrected chi connectivity index (χ4v) is 3.58. The van der Waals surface area contributed by atoms with Gasteiger partial charge in [0.2, 0.25) is 15.9 Å². The van der Waals surface area contributed by atoms with Crippen LogP contribution >= 0.6 is 11.9 Å². The molecule has 122 valence electrons. The highest BCUT2D eigenvalue weighted by Gasteiger charge is 2.12. The maximum Gasteiger partial charge on any atom is 0.240 e. The SMILES string of the molecule is O=C(Cc1ccccc1)NSCCNS(=O)(=O)c1ccccc1. The molecule has 23 heavy (non-hydrogen) atoms. The van der Waals surface area contributed by atoms with Crippen molar-refractivity contribution in [1.82, 2.24) is 9.44 Å². The van der Waals surface area contributed by atoms with Crippen molar-refractivity contribution in [3.63, 3.8) is 0 Å². The molecule has 5 nitrogen and oxygen atoms in total. The van der Waals surface area contributed by atoms with E-state index in [0.29, 0.717) is 12.2 Å². The summed E-state index contributed by atoms with van der Waals surface area (Å²) in [6.07, 6.45) is 0.309. The van der Waals surface area contributed by atoms with Crippen LogP contribution in [0.3, 0.4) is 0 Å². The van der Waals surface area contributed by atoms with Crippen molar-refractivity contribution in [1.29, 1.82) is 0 Å². The third-order valence-electron chi connectivity index (χ3n) is 2.94. The monoisotopic (exact) mass is 350 g/mol. The van der Waals surface area contributed by atoms with E-state index in [1.807, 2.05) is 30.3 Å². The second-order valence-electron chi connectivity index (χ2n) is 4.75. The van der Waals surface area contributed by atoms with Crippen molar-refractivity contribution in [2.24, 2.45) is 0 Å². The summed E-state index contributed by atoms with van der Waals surface area (Å²) in [4.78, 5) is 12.0. The van der Waals surface area contributed by atoms with Crippen molar-refractivity contribution >= 4 is 27.9 Å². The third-order valence-corrected chi connectivity index (χ3v) is 5.20. The first-order valence-electron chi connectivity index (χ1n) is 7.07. The number of benzene rings is 2. The lowest BCUT2D eigenvalue weighted by Gasteiger charge is -2.07. The van der Waals surface area contributed by atoms with Gasteiger partial charge in [0, 0.05) is 12.3 Å². The molecule has 0 radical (unpaired) electrons. The summed E-state index contributed by atoms with van der Waals surface area (Å²) in [5.74, 6) is 0.346. The second kappa shape index (κ2) is 8.71. The molecule has 0 aliphatic carbocycles. The smallest absolute Gasteiger partial charge is 0.240 e. The van der Waals surface area contributed by atoms with Crippen LogP contribution in [0.15, 0.2) is 65.6 Å². The number of nitrogens with one attached hydrogen (secondary N) is 2. The Kier molecular flexibility index (Phi) is 6.64. The highest BCUT2D eigenvalue weighted by atomic mass is 32.2. The first kappa shape index (κ1) is 17.5. The fraction of sp³-hybridized carbons (Fsp3) is 0.188. The second-order valence-corrected chi connectivity index (χ2v) is 7.41. The minimum Gasteiger partial charge on any atom is -0.300 e. The maximum absolute atomic E-state index is 12.0. The van der Waals surface area contributed by atoms with E-state index in [1.54, 1.807) is 18.2 Å². The highest BCUT2D eigenvalue weighted by molar-refractivity contribution is 7.98. The van der Waals surface area contributed by atoms with Crippen LogP contribution < -0.4 is 9.44 Å². The summed E-state index contributed by atoms with van der Waals surface area (Å²) in [5.41, 5.74) is 0.940. The number of rotatable bonds is 8. The minimum absolute atomic E-state index is 0.105. The van der Waals surface area contributed by atoms with E-state index in [9.17, 15) is 13.2 Å². The van der Waals surface area contributed by atoms with Gasteiger partial charge in [-0.2, -0.15) is 0 Å². The lowest BCUT2D eigenvalue weighted by Crippen LogP contribution is -2.27. The predicted molar refractivity (Wildman–Crippen MR) is 92.4 cm³/mol. The zero-order chi connectivity index (χ0) is 16.5. The topological polar surface area (TPSA) is 75.3 Å². The predicted octanol–water partition coefficient (Wildman–Crippen LogP) is 1.97. The number of hydrogen-bond donors (Lipinski definition) is 2. The van der Waals surface area contributed by atoms with Gasteiger partial charge in [0.15, 0.2) is 0 Å². The Morgan fingerprint density at radius 3 is 2.22 bits per heavy atom. The Morgan fingerprint density at radius 2 is 1.57 bits per heavy atom. The molecular formula is C16H18N2O3S2. The van der Waals surface area contributed by atoms with Crippen LogP contribution in [-0.2, 0) is 21.2 Å². The number of carbonyl (C=O) groups is 1. The summed E-state index contributed by atoms with van der Waals surface area (Å²) in [6.45, 7) is 0.244. The van der Waals surface area contributed by atoms with Crippen molar-refractivity contribution in [2.75, 3.05) is 12.3 Å². The number of sulfonamides is 1. The Labute approximate surface area is 140 Å². The molecule has 0 fully saturated rings. The molecule has 0 spiro atoms. The molecule has 2 N–H and O–H groups in total. The number of amides is 1. The summed E-state index contributed by atoms with van der Waals surface area (Å²) in [7, 11) is -3.49. The van der Waals surface area contributed by atoms with Crippen LogP contribution in [0.4, 0.5) is 0 Å². The van der Waals surface area contributed by atoms with E-state index in [4.69, 9.17) is 0 Å². The van der Waals surface area contributed by atoms with Gasteiger partial charge in [-0.15, -0.1) is 0 Å². The maximum atomic E-state index is 12.0. The Bertz CT molecular complexity index is 720. The summed E-state index contributed by atoms with van der Waals surface area (Å²) in [6, 6.07) is 17.6. The van der Waals surface area contributed by atoms with Crippen LogP contribution in [0.5, 0.6) is 0 Å². The van der Waals surface area contributed by atoms with Gasteiger partial charge in [0.25, 0.3) is 0 Å². The lowest BCUT2D eigenvalue weighted by atomic mass is 10.1. The normalized spacial score (nSPS) is 11.1. The molecular weight excluding hydrogens is 332 g/mol. The molecule has 0 unspecified atom stereocenters. The molecule has 0 heterocycles. The zero-order valence-electron chi connectivity index (χ0n) is 12.4. The zero-order valence-corrected chi connectivity index (χ0v) is 14.1. The van der Waals surface area contributed by atoms with E-state index in [0.717, 1.165) is 5.56 Å². The first-order chi connectivity index (χ1) is 11.1. The molecule has 7 heteroatoms. The van der Waals surface area contributed by atoms with Crippen molar-refractivity contribution in [3.05, 3.63) is 66.2 Å². The molecule has 0 aliphatic heterocycles. The number of hydrogen-bond acceptors (Lipinski definition) is 4. The highest BCUT2D eigenvalue weighted by Crippen LogP contribution is 2.07. The van der Waals surface area contributed by atoms with E-state index >= 15 is 0 Å². The van der Waals surface area contributed by atoms with Crippen LogP contribution in [0, 0.1) is 0 Å². The molecule has 2 rings (SSSR count). The van der Waals surface area contributed by atoms with E-state index in [-0.39, 0.29) is 17.3 Å². The molecule has 0 atom stereocenters. The van der Waals surface area contributed by atoms with Crippen LogP contribution in [-0.4, -0.2) is 26.6 Å². The molecule has 0 saturated carbocycles. The Hall–Kier alpha value is -1.83. The van der Waals surface area contributed by atoms with Gasteiger partial charge in [-0.05, 0) is 29.6 Å². The van der Waals surface area contributed by atoms with Gasteiger partial charge in [0.05, 0.1) is 11.3 Å². The molecule has 0 saturated heterocycles. The molecule has 2 aromatic carbocycles. The largest absolute Gasteiger partial charge is 0.300 e. The van der Waals surface area contributed by atoms with Crippen LogP contribution in [0.25, 0.3) is 0 Å². The molecule has 0 bridgehead atoms. The van der Waals surface area contributed by atoms with Gasteiger partial charge in [0.1, 0.15) is 0 Å². The number of carbonyl (C=O) groups excluding carboxylic acids is 1. The summed E-state index contributed by atoms with van der Waals surface area (Å²) >= 11 is 1.19. The van der Waals surface area contributed by atoms with Gasteiger partial charge in [-0.3, -0.25) is 9.52 Å². The van der Waals surface area contributed by atoms with Crippen LogP contribution in [0.2, 0.25) is 0 Å². The standard InChI is InChI=1S/C16H18N2O3S2/c19-16(13-14-7-3-1-4-8-14)18-22-12-11-17-23(20,21)15-9-5-2-6-10-15/h1-10,17H,11-13H2,(H,18,19). The van der Waals surface area contributed by atoms with Gasteiger partial charge < -0.3 is 0 Å². The van der Waals surface area contributed by atoms with Crippen molar-refractivity contribution in [2.45, 2.75) is 11.3 Å². The van der Waals surface area contributed by atoms with E-state index in [2.05, 4.69) is 9.44 Å². The minimum atomic E-state index is -3.49. The quantitative estimate of drug-likeness (QED) is 0.564. The average molecular weight is 350 g/mol. The van der Waals surface area contributed by atoms with E-state index < -0.39 is 10.0 Å². The fourth-order valence-electron chi connectivity index (χ4n) is 1.86. The third kappa shape index (κ3) is 6.05. The van der Waals surface area contributed by atoms with Gasteiger partial charge in [-0.25, -0.2) is 13.1 Å². The molecule has 1 amide bonds. The van der Waals surface area contributed by atoms with Crippen LogP contribution in [0.1, 0.15) is 5.56 Å². The first-order valence-corrected chi connectivity index (χ1v) is 9.54. The lowest BCUT2D eigenvalue weighted by molar-refractivity contribution is -0.118. The molecule has 2 aromatic rings. The molecule has 0 aromatic heterocycles. The van der Waals surface area contributed by atoms with E-state index in [1.165, 1.54) is 24.1 Å². The Morgan fingerprint density at radius 1 is 0.957 bits per heavy atom. The average Bonchev–Trinajstić information content (AvgIpc) is 2.56. The molecule has 0 aliphatic rings. The summed E-state index contributed by atoms with van der Waals surface area (Å²) < 4.78 is 29.1. The summed E-state index contributed by atoms with van der Waals surface area (Å²) in [5, 5.41) is 0. The van der Waals surface area contributed by atoms with Gasteiger partial charge in [-0.1, -0.05) is 48.5 Å². The van der Waals surface area contributed by atoms with Crippen molar-refractivity contribution in [3.8, 4) is 0 Å². The van der Waals surface area contributed by atoms with Crippen molar-refractivity contribution < 1.29 is 13.2 Å². The van der Waals surface area contributed by atoms with Gasteiger partial charge >= 0.3 is 0 Å².